The van der Waals surface area contributed by atoms with Crippen molar-refractivity contribution in [2.24, 2.45) is 11.7 Å². The lowest BCUT2D eigenvalue weighted by Crippen LogP contribution is -2.52. The second kappa shape index (κ2) is 9.16. The van der Waals surface area contributed by atoms with Crippen molar-refractivity contribution in [1.29, 1.82) is 0 Å². The third-order valence-electron chi connectivity index (χ3n) is 2.52. The summed E-state index contributed by atoms with van der Waals surface area (Å²) in [5.74, 6) is -0.216. The predicted molar refractivity (Wildman–Crippen MR) is 75.6 cm³/mol. The van der Waals surface area contributed by atoms with Crippen LogP contribution in [0.4, 0.5) is 0 Å². The Bertz CT molecular complexity index is 268. The van der Waals surface area contributed by atoms with Crippen LogP contribution in [0.5, 0.6) is 0 Å². The van der Waals surface area contributed by atoms with Crippen LogP contribution in [-0.4, -0.2) is 30.4 Å². The Balaban J connectivity index is 0. The molecular formula is C12H26ClN3O2. The maximum absolute atomic E-state index is 11.7. The smallest absolute Gasteiger partial charge is 0.239 e. The maximum Gasteiger partial charge on any atom is 0.239 e. The average Bonchev–Trinajstić information content (AvgIpc) is 2.23. The third kappa shape index (κ3) is 7.50. The van der Waals surface area contributed by atoms with E-state index < -0.39 is 5.54 Å². The van der Waals surface area contributed by atoms with Gasteiger partial charge in [0, 0.05) is 19.0 Å². The van der Waals surface area contributed by atoms with Crippen LogP contribution in [0.1, 0.15) is 40.5 Å². The summed E-state index contributed by atoms with van der Waals surface area (Å²) in [7, 11) is 0. The van der Waals surface area contributed by atoms with Crippen LogP contribution in [0.3, 0.4) is 0 Å². The lowest BCUT2D eigenvalue weighted by molar-refractivity contribution is -0.127. The van der Waals surface area contributed by atoms with Crippen LogP contribution in [0.15, 0.2) is 0 Å². The SMILES string of the molecule is CCCC(C)(N)C(=O)NCCNC(=O)C(C)C.Cl. The molecule has 0 aromatic carbocycles. The van der Waals surface area contributed by atoms with Crippen LogP contribution in [0, 0.1) is 5.92 Å². The normalized spacial score (nSPS) is 13.4. The molecule has 4 N–H and O–H groups in total. The Labute approximate surface area is 116 Å². The number of rotatable bonds is 7. The fraction of sp³-hybridized carbons (Fsp3) is 0.833. The summed E-state index contributed by atoms with van der Waals surface area (Å²) >= 11 is 0. The number of hydrogen-bond donors (Lipinski definition) is 3. The molecule has 0 saturated heterocycles. The summed E-state index contributed by atoms with van der Waals surface area (Å²) in [5.41, 5.74) is 5.04. The molecule has 0 aliphatic rings. The molecule has 0 fully saturated rings. The van der Waals surface area contributed by atoms with Gasteiger partial charge in [0.15, 0.2) is 0 Å². The van der Waals surface area contributed by atoms with E-state index in [4.69, 9.17) is 5.73 Å². The molecule has 0 saturated carbocycles. The topological polar surface area (TPSA) is 84.2 Å². The molecular weight excluding hydrogens is 254 g/mol. The van der Waals surface area contributed by atoms with Crippen LogP contribution in [0.2, 0.25) is 0 Å². The summed E-state index contributed by atoms with van der Waals surface area (Å²) in [6.45, 7) is 8.21. The van der Waals surface area contributed by atoms with Crippen LogP contribution in [-0.2, 0) is 9.59 Å². The molecule has 2 amide bonds. The molecule has 108 valence electrons. The molecule has 0 aromatic rings. The Kier molecular flexibility index (Phi) is 9.94. The highest BCUT2D eigenvalue weighted by Crippen LogP contribution is 2.07. The predicted octanol–water partition coefficient (Wildman–Crippen LogP) is 0.814. The molecule has 1 unspecified atom stereocenters. The summed E-state index contributed by atoms with van der Waals surface area (Å²) < 4.78 is 0. The standard InChI is InChI=1S/C12H25N3O2.ClH/c1-5-6-12(4,13)11(17)15-8-7-14-10(16)9(2)3;/h9H,5-8,13H2,1-4H3,(H,14,16)(H,15,17);1H. The Morgan fingerprint density at radius 3 is 2.17 bits per heavy atom. The van der Waals surface area contributed by atoms with Gasteiger partial charge in [0.25, 0.3) is 0 Å². The van der Waals surface area contributed by atoms with E-state index in [1.807, 2.05) is 20.8 Å². The number of hydrogen-bond acceptors (Lipinski definition) is 3. The van der Waals surface area contributed by atoms with Crippen LogP contribution in [0.25, 0.3) is 0 Å². The quantitative estimate of drug-likeness (QED) is 0.603. The van der Waals surface area contributed by atoms with Gasteiger partial charge in [-0.2, -0.15) is 0 Å². The number of nitrogens with two attached hydrogens (primary N) is 1. The van der Waals surface area contributed by atoms with Gasteiger partial charge >= 0.3 is 0 Å². The molecule has 0 aromatic heterocycles. The van der Waals surface area contributed by atoms with Crippen LogP contribution < -0.4 is 16.4 Å². The second-order valence-electron chi connectivity index (χ2n) is 4.87. The van der Waals surface area contributed by atoms with Crippen molar-refractivity contribution in [2.75, 3.05) is 13.1 Å². The maximum atomic E-state index is 11.7. The van der Waals surface area contributed by atoms with E-state index in [0.717, 1.165) is 6.42 Å². The summed E-state index contributed by atoms with van der Waals surface area (Å²) in [6, 6.07) is 0. The second-order valence-corrected chi connectivity index (χ2v) is 4.87. The third-order valence-corrected chi connectivity index (χ3v) is 2.52. The van der Waals surface area contributed by atoms with E-state index in [1.54, 1.807) is 6.92 Å². The molecule has 1 atom stereocenters. The van der Waals surface area contributed by atoms with E-state index in [1.165, 1.54) is 0 Å². The van der Waals surface area contributed by atoms with Gasteiger partial charge in [0.1, 0.15) is 0 Å². The van der Waals surface area contributed by atoms with Crippen molar-refractivity contribution in [1.82, 2.24) is 10.6 Å². The molecule has 0 aliphatic carbocycles. The summed E-state index contributed by atoms with van der Waals surface area (Å²) in [6.07, 6.45) is 1.52. The highest BCUT2D eigenvalue weighted by Gasteiger charge is 2.26. The average molecular weight is 280 g/mol. The van der Waals surface area contributed by atoms with Gasteiger partial charge in [-0.25, -0.2) is 0 Å². The fourth-order valence-corrected chi connectivity index (χ4v) is 1.40. The highest BCUT2D eigenvalue weighted by atomic mass is 35.5. The zero-order valence-corrected chi connectivity index (χ0v) is 12.5. The lowest BCUT2D eigenvalue weighted by atomic mass is 9.97. The minimum absolute atomic E-state index is 0. The van der Waals surface area contributed by atoms with Gasteiger partial charge < -0.3 is 16.4 Å². The largest absolute Gasteiger partial charge is 0.354 e. The monoisotopic (exact) mass is 279 g/mol. The first-order valence-corrected chi connectivity index (χ1v) is 6.16. The van der Waals surface area contributed by atoms with Gasteiger partial charge in [-0.1, -0.05) is 27.2 Å². The first kappa shape index (κ1) is 19.5. The van der Waals surface area contributed by atoms with Gasteiger partial charge in [0.2, 0.25) is 11.8 Å². The Morgan fingerprint density at radius 2 is 1.72 bits per heavy atom. The minimum Gasteiger partial charge on any atom is -0.354 e. The number of halogens is 1. The van der Waals surface area contributed by atoms with Crippen LogP contribution >= 0.6 is 12.4 Å². The molecule has 0 heterocycles. The molecule has 0 bridgehead atoms. The summed E-state index contributed by atoms with van der Waals surface area (Å²) in [5, 5.41) is 5.45. The molecule has 0 rings (SSSR count). The van der Waals surface area contributed by atoms with E-state index in [9.17, 15) is 9.59 Å². The van der Waals surface area contributed by atoms with E-state index >= 15 is 0 Å². The van der Waals surface area contributed by atoms with Crippen molar-refractivity contribution >= 4 is 24.2 Å². The number of nitrogens with one attached hydrogen (secondary N) is 2. The Hall–Kier alpha value is -0.810. The van der Waals surface area contributed by atoms with Crippen molar-refractivity contribution in [3.63, 3.8) is 0 Å². The lowest BCUT2D eigenvalue weighted by Gasteiger charge is -2.22. The minimum atomic E-state index is -0.823. The summed E-state index contributed by atoms with van der Waals surface area (Å²) in [4.78, 5) is 22.9. The molecule has 0 spiro atoms. The first-order chi connectivity index (χ1) is 7.81. The van der Waals surface area contributed by atoms with Gasteiger partial charge in [0.05, 0.1) is 5.54 Å². The number of amides is 2. The zero-order valence-electron chi connectivity index (χ0n) is 11.7. The molecule has 0 aliphatic heterocycles. The van der Waals surface area contributed by atoms with Crippen molar-refractivity contribution in [3.8, 4) is 0 Å². The molecule has 6 heteroatoms. The molecule has 0 radical (unpaired) electrons. The first-order valence-electron chi connectivity index (χ1n) is 6.16. The van der Waals surface area contributed by atoms with Gasteiger partial charge in [-0.3, -0.25) is 9.59 Å². The van der Waals surface area contributed by atoms with Crippen molar-refractivity contribution in [2.45, 2.75) is 46.1 Å². The zero-order chi connectivity index (χ0) is 13.5. The molecule has 18 heavy (non-hydrogen) atoms. The van der Waals surface area contributed by atoms with Crippen molar-refractivity contribution < 1.29 is 9.59 Å². The highest BCUT2D eigenvalue weighted by molar-refractivity contribution is 5.85. The van der Waals surface area contributed by atoms with Gasteiger partial charge in [-0.05, 0) is 13.3 Å². The van der Waals surface area contributed by atoms with E-state index in [0.29, 0.717) is 19.5 Å². The van der Waals surface area contributed by atoms with E-state index in [2.05, 4.69) is 10.6 Å². The fourth-order valence-electron chi connectivity index (χ4n) is 1.40. The number of carbonyl (C=O) groups is 2. The number of carbonyl (C=O) groups excluding carboxylic acids is 2. The Morgan fingerprint density at radius 1 is 1.22 bits per heavy atom. The molecule has 5 nitrogen and oxygen atoms in total. The van der Waals surface area contributed by atoms with Crippen molar-refractivity contribution in [3.05, 3.63) is 0 Å². The van der Waals surface area contributed by atoms with E-state index in [-0.39, 0.29) is 30.1 Å². The van der Waals surface area contributed by atoms with Gasteiger partial charge in [-0.15, -0.1) is 12.4 Å².